The molecule has 0 saturated carbocycles. The lowest BCUT2D eigenvalue weighted by atomic mass is 10.1. The first-order valence-corrected chi connectivity index (χ1v) is 11.2. The van der Waals surface area contributed by atoms with Crippen LogP contribution in [0.1, 0.15) is 27.9 Å². The Hall–Kier alpha value is -4.10. The lowest BCUT2D eigenvalue weighted by Gasteiger charge is -2.26. The van der Waals surface area contributed by atoms with Crippen LogP contribution in [0.15, 0.2) is 41.4 Å². The number of hydrogen-bond donors (Lipinski definition) is 4. The maximum absolute atomic E-state index is 13.2. The smallest absolute Gasteiger partial charge is 0.387 e. The monoisotopic (exact) mass is 519 g/mol. The number of rotatable bonds is 10. The Morgan fingerprint density at radius 2 is 1.95 bits per heavy atom. The van der Waals surface area contributed by atoms with Gasteiger partial charge in [0.25, 0.3) is 11.8 Å². The zero-order chi connectivity index (χ0) is 27.3. The third-order valence-electron chi connectivity index (χ3n) is 5.49. The van der Waals surface area contributed by atoms with Crippen molar-refractivity contribution in [3.63, 3.8) is 0 Å². The molecule has 5 N–H and O–H groups in total. The van der Waals surface area contributed by atoms with Gasteiger partial charge in [0.15, 0.2) is 5.75 Å². The fourth-order valence-corrected chi connectivity index (χ4v) is 3.74. The van der Waals surface area contributed by atoms with Gasteiger partial charge in [-0.1, -0.05) is 6.07 Å². The maximum Gasteiger partial charge on any atom is 0.387 e. The Labute approximate surface area is 211 Å². The van der Waals surface area contributed by atoms with E-state index >= 15 is 0 Å². The van der Waals surface area contributed by atoms with Gasteiger partial charge in [-0.15, -0.1) is 0 Å². The number of halogens is 2. The Balaban J connectivity index is 1.80. The van der Waals surface area contributed by atoms with Crippen molar-refractivity contribution >= 4 is 34.9 Å². The van der Waals surface area contributed by atoms with Gasteiger partial charge >= 0.3 is 6.61 Å². The van der Waals surface area contributed by atoms with Crippen molar-refractivity contribution in [1.29, 1.82) is 0 Å². The number of amides is 3. The van der Waals surface area contributed by atoms with E-state index in [0.717, 1.165) is 20.9 Å². The molecule has 11 nitrogen and oxygen atoms in total. The van der Waals surface area contributed by atoms with Crippen LogP contribution in [0.3, 0.4) is 0 Å². The third-order valence-corrected chi connectivity index (χ3v) is 5.49. The average molecular weight is 520 g/mol. The molecule has 3 amide bonds. The summed E-state index contributed by atoms with van der Waals surface area (Å²) in [5.41, 5.74) is 7.19. The summed E-state index contributed by atoms with van der Waals surface area (Å²) in [5, 5.41) is 22.4. The number of carbonyl (C=O) groups excluding carboxylic acids is 3. The predicted molar refractivity (Wildman–Crippen MR) is 131 cm³/mol. The van der Waals surface area contributed by atoms with Gasteiger partial charge in [-0.25, -0.2) is 0 Å². The first kappa shape index (κ1) is 27.5. The van der Waals surface area contributed by atoms with Gasteiger partial charge in [0, 0.05) is 31.9 Å². The van der Waals surface area contributed by atoms with Crippen LogP contribution in [0.4, 0.5) is 20.2 Å². The highest BCUT2D eigenvalue weighted by atomic mass is 19.3. The van der Waals surface area contributed by atoms with E-state index in [1.54, 1.807) is 18.2 Å². The summed E-state index contributed by atoms with van der Waals surface area (Å²) < 4.78 is 31.0. The number of hydrogen-bond acceptors (Lipinski definition) is 8. The number of benzene rings is 2. The average Bonchev–Trinajstić information content (AvgIpc) is 3.21. The standard InChI is InChI=1S/C24H27F2N5O6/c1-30(2)23(36)16-4-3-5-17(20(16)37-24(25)26)31(8-9-32)19(34)11-18(33)22(35)29-14-6-7-15-13(10-14)12-28-21(15)27/h3-7,10,18,24,32-33H,8-9,11-12H2,1-2H3,(H2,27,28)(H,29,35)/t18-/m1/s1. The fourth-order valence-electron chi connectivity index (χ4n) is 3.74. The summed E-state index contributed by atoms with van der Waals surface area (Å²) in [4.78, 5) is 44.2. The van der Waals surface area contributed by atoms with Gasteiger partial charge in [-0.3, -0.25) is 19.4 Å². The molecule has 3 rings (SSSR count). The number of carbonyl (C=O) groups is 3. The molecule has 1 heterocycles. The highest BCUT2D eigenvalue weighted by Crippen LogP contribution is 2.35. The highest BCUT2D eigenvalue weighted by molar-refractivity contribution is 6.05. The van der Waals surface area contributed by atoms with E-state index in [4.69, 9.17) is 5.73 Å². The molecule has 0 aromatic heterocycles. The Kier molecular flexibility index (Phi) is 8.73. The number of aliphatic hydroxyl groups is 2. The van der Waals surface area contributed by atoms with E-state index in [9.17, 15) is 33.4 Å². The lowest BCUT2D eigenvalue weighted by Crippen LogP contribution is -2.39. The minimum atomic E-state index is -3.31. The summed E-state index contributed by atoms with van der Waals surface area (Å²) in [5.74, 6) is -2.61. The van der Waals surface area contributed by atoms with E-state index in [-0.39, 0.29) is 17.8 Å². The van der Waals surface area contributed by atoms with E-state index in [0.29, 0.717) is 18.1 Å². The van der Waals surface area contributed by atoms with Crippen molar-refractivity contribution in [3.8, 4) is 5.75 Å². The number of nitrogens with zero attached hydrogens (tertiary/aromatic N) is 3. The predicted octanol–water partition coefficient (Wildman–Crippen LogP) is 0.924. The fraction of sp³-hybridized carbons (Fsp3) is 0.333. The van der Waals surface area contributed by atoms with Crippen molar-refractivity contribution in [1.82, 2.24) is 4.90 Å². The molecule has 0 spiro atoms. The van der Waals surface area contributed by atoms with Gasteiger partial charge in [0.1, 0.15) is 11.9 Å². The summed E-state index contributed by atoms with van der Waals surface area (Å²) in [7, 11) is 2.82. The topological polar surface area (TPSA) is 158 Å². The van der Waals surface area contributed by atoms with Crippen molar-refractivity contribution < 1.29 is 38.1 Å². The van der Waals surface area contributed by atoms with Crippen LogP contribution in [0.25, 0.3) is 0 Å². The minimum Gasteiger partial charge on any atom is -0.432 e. The molecule has 1 aliphatic heterocycles. The van der Waals surface area contributed by atoms with Crippen molar-refractivity contribution in [2.45, 2.75) is 25.7 Å². The number of ether oxygens (including phenoxy) is 1. The molecule has 37 heavy (non-hydrogen) atoms. The van der Waals surface area contributed by atoms with Gasteiger partial charge in [-0.2, -0.15) is 8.78 Å². The van der Waals surface area contributed by atoms with Gasteiger partial charge in [0.05, 0.1) is 30.8 Å². The molecule has 1 aliphatic rings. The number of aliphatic hydroxyl groups excluding tert-OH is 2. The molecule has 2 aromatic rings. The number of para-hydroxylation sites is 1. The number of nitrogens with two attached hydrogens (primary N) is 1. The molecule has 0 radical (unpaired) electrons. The van der Waals surface area contributed by atoms with Crippen molar-refractivity contribution in [2.24, 2.45) is 10.7 Å². The van der Waals surface area contributed by atoms with Crippen molar-refractivity contribution in [2.75, 3.05) is 37.5 Å². The van der Waals surface area contributed by atoms with E-state index in [1.165, 1.54) is 32.3 Å². The van der Waals surface area contributed by atoms with Crippen LogP contribution >= 0.6 is 0 Å². The molecule has 13 heteroatoms. The normalized spacial score (nSPS) is 13.0. The first-order valence-electron chi connectivity index (χ1n) is 11.2. The minimum absolute atomic E-state index is 0.226. The molecule has 0 bridgehead atoms. The largest absolute Gasteiger partial charge is 0.432 e. The zero-order valence-corrected chi connectivity index (χ0v) is 20.1. The second-order valence-corrected chi connectivity index (χ2v) is 8.28. The molecule has 0 fully saturated rings. The van der Waals surface area contributed by atoms with Gasteiger partial charge < -0.3 is 35.8 Å². The van der Waals surface area contributed by atoms with Crippen LogP contribution in [-0.2, 0) is 16.1 Å². The Morgan fingerprint density at radius 3 is 2.59 bits per heavy atom. The molecule has 2 aromatic carbocycles. The Bertz CT molecular complexity index is 1220. The Morgan fingerprint density at radius 1 is 1.22 bits per heavy atom. The van der Waals surface area contributed by atoms with E-state index in [2.05, 4.69) is 15.0 Å². The molecular formula is C24H27F2N5O6. The van der Waals surface area contributed by atoms with Crippen LogP contribution in [0, 0.1) is 0 Å². The number of anilines is 2. The van der Waals surface area contributed by atoms with Crippen LogP contribution < -0.4 is 20.7 Å². The molecule has 0 unspecified atom stereocenters. The molecule has 0 saturated heterocycles. The van der Waals surface area contributed by atoms with Crippen LogP contribution in [-0.4, -0.2) is 78.6 Å². The maximum atomic E-state index is 13.2. The molecule has 0 aliphatic carbocycles. The van der Waals surface area contributed by atoms with Crippen LogP contribution in [0.5, 0.6) is 5.75 Å². The number of aliphatic imine (C=N–C) groups is 1. The number of fused-ring (bicyclic) bond motifs is 1. The third kappa shape index (κ3) is 6.37. The number of alkyl halides is 2. The number of amidine groups is 1. The van der Waals surface area contributed by atoms with E-state index in [1.807, 2.05) is 0 Å². The molecule has 198 valence electrons. The molecular weight excluding hydrogens is 492 g/mol. The SMILES string of the molecule is CN(C)C(=O)c1cccc(N(CCO)C(=O)C[C@@H](O)C(=O)Nc2ccc3c(c2)CN=C3N)c1OC(F)F. The van der Waals surface area contributed by atoms with Gasteiger partial charge in [0.2, 0.25) is 5.91 Å². The summed E-state index contributed by atoms with van der Waals surface area (Å²) in [6.45, 7) is -3.92. The zero-order valence-electron chi connectivity index (χ0n) is 20.1. The quantitative estimate of drug-likeness (QED) is 0.363. The summed E-state index contributed by atoms with van der Waals surface area (Å²) in [6, 6.07) is 8.74. The van der Waals surface area contributed by atoms with Crippen LogP contribution in [0.2, 0.25) is 0 Å². The van der Waals surface area contributed by atoms with Crippen molar-refractivity contribution in [3.05, 3.63) is 53.1 Å². The number of nitrogens with one attached hydrogen (secondary N) is 1. The van der Waals surface area contributed by atoms with E-state index < -0.39 is 49.2 Å². The first-order chi connectivity index (χ1) is 17.5. The summed E-state index contributed by atoms with van der Waals surface area (Å²) >= 11 is 0. The second-order valence-electron chi connectivity index (χ2n) is 8.28. The van der Waals surface area contributed by atoms with Gasteiger partial charge in [-0.05, 0) is 35.9 Å². The second kappa shape index (κ2) is 11.8. The molecule has 1 atom stereocenters. The summed E-state index contributed by atoms with van der Waals surface area (Å²) in [6.07, 6.45) is -2.55. The highest BCUT2D eigenvalue weighted by Gasteiger charge is 2.29. The lowest BCUT2D eigenvalue weighted by molar-refractivity contribution is -0.130.